The Hall–Kier alpha value is -1.53. The van der Waals surface area contributed by atoms with Gasteiger partial charge in [-0.15, -0.1) is 0 Å². The lowest BCUT2D eigenvalue weighted by Gasteiger charge is -2.18. The highest BCUT2D eigenvalue weighted by atomic mass is 16.5. The maximum atomic E-state index is 5.62. The Morgan fingerprint density at radius 1 is 1.55 bits per heavy atom. The lowest BCUT2D eigenvalue weighted by atomic mass is 10.2. The van der Waals surface area contributed by atoms with E-state index in [-0.39, 0.29) is 12.1 Å². The predicted molar refractivity (Wildman–Crippen MR) is 86.2 cm³/mol. The zero-order chi connectivity index (χ0) is 15.6. The zero-order valence-electron chi connectivity index (χ0n) is 13.5. The minimum Gasteiger partial charge on any atom is -0.469 e. The van der Waals surface area contributed by atoms with E-state index in [2.05, 4.69) is 22.5 Å². The lowest BCUT2D eigenvalue weighted by Crippen LogP contribution is -2.45. The van der Waals surface area contributed by atoms with E-state index in [0.717, 1.165) is 44.1 Å². The van der Waals surface area contributed by atoms with Gasteiger partial charge in [-0.2, -0.15) is 0 Å². The number of nitrogens with one attached hydrogen (secondary N) is 2. The number of hydrogen-bond donors (Lipinski definition) is 2. The molecule has 1 aliphatic heterocycles. The van der Waals surface area contributed by atoms with Crippen molar-refractivity contribution in [3.05, 3.63) is 24.2 Å². The molecule has 2 N–H and O–H groups in total. The van der Waals surface area contributed by atoms with Crippen molar-refractivity contribution in [3.63, 3.8) is 0 Å². The standard InChI is InChI=1S/C16H27N3O3/c1-13(12-20-2)19-16(18-11-15-6-4-10-22-15)17-8-7-14-5-3-9-21-14/h3,5,9,13,15H,4,6-8,10-12H2,1-2H3,(H2,17,18,19). The highest BCUT2D eigenvalue weighted by Crippen LogP contribution is 2.11. The third-order valence-corrected chi connectivity index (χ3v) is 3.52. The van der Waals surface area contributed by atoms with Gasteiger partial charge in [-0.05, 0) is 31.9 Å². The molecule has 124 valence electrons. The molecule has 0 aliphatic carbocycles. The minimum atomic E-state index is 0.198. The number of hydrogen-bond acceptors (Lipinski definition) is 4. The molecule has 0 amide bonds. The summed E-state index contributed by atoms with van der Waals surface area (Å²) < 4.78 is 16.1. The van der Waals surface area contributed by atoms with Crippen molar-refractivity contribution < 1.29 is 13.9 Å². The zero-order valence-corrected chi connectivity index (χ0v) is 13.5. The first kappa shape index (κ1) is 16.8. The van der Waals surface area contributed by atoms with Crippen molar-refractivity contribution in [2.45, 2.75) is 38.3 Å². The maximum Gasteiger partial charge on any atom is 0.191 e. The Kier molecular flexibility index (Phi) is 7.25. The van der Waals surface area contributed by atoms with Crippen molar-refractivity contribution in [2.75, 3.05) is 33.4 Å². The molecule has 1 aromatic rings. The van der Waals surface area contributed by atoms with Crippen molar-refractivity contribution in [2.24, 2.45) is 4.99 Å². The van der Waals surface area contributed by atoms with Gasteiger partial charge in [0.25, 0.3) is 0 Å². The summed E-state index contributed by atoms with van der Waals surface area (Å²) in [5.41, 5.74) is 0. The third-order valence-electron chi connectivity index (χ3n) is 3.52. The summed E-state index contributed by atoms with van der Waals surface area (Å²) in [6.07, 6.45) is 5.00. The first-order valence-corrected chi connectivity index (χ1v) is 7.95. The summed E-state index contributed by atoms with van der Waals surface area (Å²) in [4.78, 5) is 4.63. The first-order chi connectivity index (χ1) is 10.8. The molecular formula is C16H27N3O3. The van der Waals surface area contributed by atoms with E-state index in [1.165, 1.54) is 0 Å². The molecule has 0 radical (unpaired) electrons. The smallest absolute Gasteiger partial charge is 0.191 e. The largest absolute Gasteiger partial charge is 0.469 e. The molecule has 6 nitrogen and oxygen atoms in total. The monoisotopic (exact) mass is 309 g/mol. The average Bonchev–Trinajstić information content (AvgIpc) is 3.18. The summed E-state index contributed by atoms with van der Waals surface area (Å²) in [6, 6.07) is 4.08. The van der Waals surface area contributed by atoms with E-state index >= 15 is 0 Å². The van der Waals surface area contributed by atoms with Crippen LogP contribution in [0.4, 0.5) is 0 Å². The molecule has 6 heteroatoms. The van der Waals surface area contributed by atoms with Crippen LogP contribution in [0, 0.1) is 0 Å². The van der Waals surface area contributed by atoms with Gasteiger partial charge in [0.1, 0.15) is 5.76 Å². The number of nitrogens with zero attached hydrogens (tertiary/aromatic N) is 1. The molecule has 2 unspecified atom stereocenters. The summed E-state index contributed by atoms with van der Waals surface area (Å²) in [6.45, 7) is 5.02. The van der Waals surface area contributed by atoms with Gasteiger partial charge in [-0.3, -0.25) is 4.99 Å². The summed E-state index contributed by atoms with van der Waals surface area (Å²) >= 11 is 0. The van der Waals surface area contributed by atoms with Gasteiger partial charge in [0.2, 0.25) is 0 Å². The topological polar surface area (TPSA) is 68.0 Å². The number of rotatable bonds is 8. The molecule has 0 bridgehead atoms. The number of guanidine groups is 1. The highest BCUT2D eigenvalue weighted by molar-refractivity contribution is 5.80. The van der Waals surface area contributed by atoms with Gasteiger partial charge in [0.15, 0.2) is 5.96 Å². The normalized spacial score (nSPS) is 20.1. The molecule has 2 atom stereocenters. The molecule has 22 heavy (non-hydrogen) atoms. The molecule has 0 spiro atoms. The molecule has 1 saturated heterocycles. The van der Waals surface area contributed by atoms with Crippen LogP contribution in [0.25, 0.3) is 0 Å². The van der Waals surface area contributed by atoms with Crippen LogP contribution >= 0.6 is 0 Å². The second-order valence-corrected chi connectivity index (χ2v) is 5.58. The maximum absolute atomic E-state index is 5.62. The summed E-state index contributed by atoms with van der Waals surface area (Å²) in [7, 11) is 1.70. The van der Waals surface area contributed by atoms with Crippen molar-refractivity contribution in [1.82, 2.24) is 10.6 Å². The van der Waals surface area contributed by atoms with E-state index in [1.54, 1.807) is 13.4 Å². The average molecular weight is 309 g/mol. The second-order valence-electron chi connectivity index (χ2n) is 5.58. The quantitative estimate of drug-likeness (QED) is 0.563. The van der Waals surface area contributed by atoms with Crippen LogP contribution < -0.4 is 10.6 Å². The van der Waals surface area contributed by atoms with Crippen LogP contribution in [-0.4, -0.2) is 51.5 Å². The number of aliphatic imine (C=N–C) groups is 1. The Morgan fingerprint density at radius 3 is 3.14 bits per heavy atom. The van der Waals surface area contributed by atoms with Gasteiger partial charge < -0.3 is 24.5 Å². The first-order valence-electron chi connectivity index (χ1n) is 7.95. The van der Waals surface area contributed by atoms with E-state index in [9.17, 15) is 0 Å². The van der Waals surface area contributed by atoms with Crippen molar-refractivity contribution in [3.8, 4) is 0 Å². The van der Waals surface area contributed by atoms with Gasteiger partial charge in [0.05, 0.1) is 25.5 Å². The Labute approximate surface area is 132 Å². The molecule has 2 rings (SSSR count). The molecule has 0 saturated carbocycles. The number of ether oxygens (including phenoxy) is 2. The molecule has 0 aromatic carbocycles. The van der Waals surface area contributed by atoms with Crippen LogP contribution in [0.3, 0.4) is 0 Å². The van der Waals surface area contributed by atoms with Gasteiger partial charge in [0, 0.05) is 32.7 Å². The fourth-order valence-corrected chi connectivity index (χ4v) is 2.42. The molecule has 1 aromatic heterocycles. The molecule has 1 aliphatic rings. The van der Waals surface area contributed by atoms with Gasteiger partial charge >= 0.3 is 0 Å². The second kappa shape index (κ2) is 9.48. The Balaban J connectivity index is 1.80. The fourth-order valence-electron chi connectivity index (χ4n) is 2.42. The number of methoxy groups -OCH3 is 1. The number of furan rings is 1. The molecular weight excluding hydrogens is 282 g/mol. The predicted octanol–water partition coefficient (Wildman–Crippen LogP) is 1.57. The van der Waals surface area contributed by atoms with E-state index in [1.807, 2.05) is 12.1 Å². The lowest BCUT2D eigenvalue weighted by molar-refractivity contribution is 0.117. The highest BCUT2D eigenvalue weighted by Gasteiger charge is 2.15. The Morgan fingerprint density at radius 2 is 2.45 bits per heavy atom. The van der Waals surface area contributed by atoms with Crippen LogP contribution in [0.1, 0.15) is 25.5 Å². The third kappa shape index (κ3) is 6.07. The van der Waals surface area contributed by atoms with E-state index < -0.39 is 0 Å². The Bertz CT molecular complexity index is 428. The molecule has 2 heterocycles. The minimum absolute atomic E-state index is 0.198. The van der Waals surface area contributed by atoms with E-state index in [4.69, 9.17) is 13.9 Å². The van der Waals surface area contributed by atoms with Gasteiger partial charge in [-0.1, -0.05) is 0 Å². The summed E-state index contributed by atoms with van der Waals surface area (Å²) in [5, 5.41) is 6.69. The van der Waals surface area contributed by atoms with Crippen LogP contribution in [0.5, 0.6) is 0 Å². The SMILES string of the molecule is COCC(C)NC(=NCC1CCCO1)NCCc1ccco1. The van der Waals surface area contributed by atoms with E-state index in [0.29, 0.717) is 13.2 Å². The van der Waals surface area contributed by atoms with Crippen LogP contribution in [-0.2, 0) is 15.9 Å². The summed E-state index contributed by atoms with van der Waals surface area (Å²) in [5.74, 6) is 1.77. The van der Waals surface area contributed by atoms with Crippen molar-refractivity contribution >= 4 is 5.96 Å². The van der Waals surface area contributed by atoms with Crippen molar-refractivity contribution in [1.29, 1.82) is 0 Å². The van der Waals surface area contributed by atoms with Crippen LogP contribution in [0.15, 0.2) is 27.8 Å². The fraction of sp³-hybridized carbons (Fsp3) is 0.688. The van der Waals surface area contributed by atoms with Gasteiger partial charge in [-0.25, -0.2) is 0 Å². The van der Waals surface area contributed by atoms with Crippen LogP contribution in [0.2, 0.25) is 0 Å². The molecule has 1 fully saturated rings.